The van der Waals surface area contributed by atoms with Gasteiger partial charge in [-0.25, -0.2) is 4.79 Å². The van der Waals surface area contributed by atoms with Crippen LogP contribution in [0.3, 0.4) is 0 Å². The Morgan fingerprint density at radius 2 is 1.67 bits per heavy atom. The Kier molecular flexibility index (Phi) is 5.79. The maximum absolute atomic E-state index is 11.9. The van der Waals surface area contributed by atoms with Crippen molar-refractivity contribution in [3.63, 3.8) is 0 Å². The van der Waals surface area contributed by atoms with Gasteiger partial charge in [-0.15, -0.1) is 0 Å². The highest BCUT2D eigenvalue weighted by atomic mass is 16.5. The summed E-state index contributed by atoms with van der Waals surface area (Å²) in [4.78, 5) is 35.1. The van der Waals surface area contributed by atoms with E-state index in [2.05, 4.69) is 10.6 Å². The van der Waals surface area contributed by atoms with Crippen molar-refractivity contribution < 1.29 is 19.1 Å². The summed E-state index contributed by atoms with van der Waals surface area (Å²) >= 11 is 0. The number of nitrogens with one attached hydrogen (secondary N) is 2. The van der Waals surface area contributed by atoms with E-state index in [4.69, 9.17) is 4.74 Å². The first-order valence-corrected chi connectivity index (χ1v) is 8.38. The van der Waals surface area contributed by atoms with E-state index in [0.29, 0.717) is 24.1 Å². The van der Waals surface area contributed by atoms with Crippen LogP contribution in [0.1, 0.15) is 15.9 Å². The molecule has 3 rings (SSSR count). The molecule has 0 heterocycles. The monoisotopic (exact) mass is 362 g/mol. The standard InChI is InChI=1S/C21H18N2O4/c24-13-18-17-9-5-4-8-16(17)10-11-19(18)27-14-20(25)23-21(26)22-12-15-6-2-1-3-7-15/h1-11,13H,12,14H2,(H2,22,23,25,26). The highest BCUT2D eigenvalue weighted by molar-refractivity contribution is 6.01. The fraction of sp³-hybridized carbons (Fsp3) is 0.0952. The van der Waals surface area contributed by atoms with Gasteiger partial charge in [-0.05, 0) is 22.4 Å². The maximum atomic E-state index is 11.9. The molecule has 0 aliphatic heterocycles. The molecule has 0 unspecified atom stereocenters. The van der Waals surface area contributed by atoms with Gasteiger partial charge in [0.2, 0.25) is 0 Å². The van der Waals surface area contributed by atoms with Gasteiger partial charge in [0.25, 0.3) is 5.91 Å². The molecule has 27 heavy (non-hydrogen) atoms. The number of hydrogen-bond donors (Lipinski definition) is 2. The van der Waals surface area contributed by atoms with E-state index < -0.39 is 11.9 Å². The molecule has 0 aliphatic rings. The number of carbonyl (C=O) groups is 3. The molecular formula is C21H18N2O4. The molecule has 0 saturated heterocycles. The summed E-state index contributed by atoms with van der Waals surface area (Å²) in [6.07, 6.45) is 0.697. The number of urea groups is 1. The van der Waals surface area contributed by atoms with Crippen molar-refractivity contribution >= 4 is 29.0 Å². The average molecular weight is 362 g/mol. The molecule has 0 fully saturated rings. The van der Waals surface area contributed by atoms with Gasteiger partial charge in [-0.3, -0.25) is 14.9 Å². The van der Waals surface area contributed by atoms with Crippen LogP contribution in [0.4, 0.5) is 4.79 Å². The highest BCUT2D eigenvalue weighted by Crippen LogP contribution is 2.26. The molecule has 0 radical (unpaired) electrons. The second kappa shape index (κ2) is 8.62. The summed E-state index contributed by atoms with van der Waals surface area (Å²) in [6, 6.07) is 19.6. The van der Waals surface area contributed by atoms with Crippen LogP contribution in [-0.4, -0.2) is 24.8 Å². The van der Waals surface area contributed by atoms with Crippen LogP contribution in [0, 0.1) is 0 Å². The number of benzene rings is 3. The third kappa shape index (κ3) is 4.70. The maximum Gasteiger partial charge on any atom is 0.321 e. The Balaban J connectivity index is 1.55. The Morgan fingerprint density at radius 3 is 2.44 bits per heavy atom. The summed E-state index contributed by atoms with van der Waals surface area (Å²) in [7, 11) is 0. The first-order chi connectivity index (χ1) is 13.2. The van der Waals surface area contributed by atoms with Crippen molar-refractivity contribution in [1.82, 2.24) is 10.6 Å². The van der Waals surface area contributed by atoms with Crippen molar-refractivity contribution in [3.8, 4) is 5.75 Å². The number of hydrogen-bond acceptors (Lipinski definition) is 4. The summed E-state index contributed by atoms with van der Waals surface area (Å²) in [5, 5.41) is 6.43. The van der Waals surface area contributed by atoms with Gasteiger partial charge in [0.1, 0.15) is 5.75 Å². The van der Waals surface area contributed by atoms with Crippen LogP contribution in [0.5, 0.6) is 5.75 Å². The van der Waals surface area contributed by atoms with E-state index in [1.807, 2.05) is 60.7 Å². The largest absolute Gasteiger partial charge is 0.483 e. The summed E-state index contributed by atoms with van der Waals surface area (Å²) in [5.41, 5.74) is 1.29. The van der Waals surface area contributed by atoms with Crippen LogP contribution in [-0.2, 0) is 11.3 Å². The number of amides is 3. The number of fused-ring (bicyclic) bond motifs is 1. The number of aldehydes is 1. The summed E-state index contributed by atoms with van der Waals surface area (Å²) < 4.78 is 5.44. The van der Waals surface area contributed by atoms with E-state index in [-0.39, 0.29) is 6.61 Å². The van der Waals surface area contributed by atoms with Gasteiger partial charge in [-0.1, -0.05) is 60.7 Å². The quantitative estimate of drug-likeness (QED) is 0.660. The molecule has 3 aromatic carbocycles. The third-order valence-corrected chi connectivity index (χ3v) is 3.96. The molecule has 6 heteroatoms. The Hall–Kier alpha value is -3.67. The number of imide groups is 1. The Labute approximate surface area is 156 Å². The Morgan fingerprint density at radius 1 is 0.926 bits per heavy atom. The molecular weight excluding hydrogens is 344 g/mol. The van der Waals surface area contributed by atoms with Crippen molar-refractivity contribution in [2.75, 3.05) is 6.61 Å². The number of ether oxygens (including phenoxy) is 1. The smallest absolute Gasteiger partial charge is 0.321 e. The number of carbonyl (C=O) groups excluding carboxylic acids is 3. The minimum atomic E-state index is -0.610. The lowest BCUT2D eigenvalue weighted by atomic mass is 10.0. The van der Waals surface area contributed by atoms with E-state index in [1.54, 1.807) is 6.07 Å². The van der Waals surface area contributed by atoms with Crippen molar-refractivity contribution in [3.05, 3.63) is 77.9 Å². The lowest BCUT2D eigenvalue weighted by Gasteiger charge is -2.11. The molecule has 2 N–H and O–H groups in total. The molecule has 136 valence electrons. The van der Waals surface area contributed by atoms with E-state index in [1.165, 1.54) is 0 Å². The first-order valence-electron chi connectivity index (χ1n) is 8.38. The lowest BCUT2D eigenvalue weighted by Crippen LogP contribution is -2.41. The second-order valence-corrected chi connectivity index (χ2v) is 5.82. The second-order valence-electron chi connectivity index (χ2n) is 5.82. The van der Waals surface area contributed by atoms with E-state index in [9.17, 15) is 14.4 Å². The molecule has 0 aliphatic carbocycles. The van der Waals surface area contributed by atoms with Gasteiger partial charge >= 0.3 is 6.03 Å². The lowest BCUT2D eigenvalue weighted by molar-refractivity contribution is -0.122. The molecule has 0 atom stereocenters. The average Bonchev–Trinajstić information content (AvgIpc) is 2.71. The minimum Gasteiger partial charge on any atom is -0.483 e. The van der Waals surface area contributed by atoms with Gasteiger partial charge in [0.15, 0.2) is 12.9 Å². The molecule has 3 amide bonds. The number of rotatable bonds is 6. The third-order valence-electron chi connectivity index (χ3n) is 3.96. The zero-order chi connectivity index (χ0) is 19.1. The van der Waals surface area contributed by atoms with Crippen LogP contribution in [0.2, 0.25) is 0 Å². The van der Waals surface area contributed by atoms with E-state index in [0.717, 1.165) is 16.3 Å². The van der Waals surface area contributed by atoms with Crippen molar-refractivity contribution in [1.29, 1.82) is 0 Å². The SMILES string of the molecule is O=Cc1c(OCC(=O)NC(=O)NCc2ccccc2)ccc2ccccc12. The minimum absolute atomic E-state index is 0.295. The van der Waals surface area contributed by atoms with Crippen LogP contribution < -0.4 is 15.4 Å². The van der Waals surface area contributed by atoms with Crippen LogP contribution in [0.25, 0.3) is 10.8 Å². The van der Waals surface area contributed by atoms with Crippen molar-refractivity contribution in [2.24, 2.45) is 0 Å². The molecule has 0 aromatic heterocycles. The fourth-order valence-corrected chi connectivity index (χ4v) is 2.65. The highest BCUT2D eigenvalue weighted by Gasteiger charge is 2.12. The zero-order valence-electron chi connectivity index (χ0n) is 14.5. The predicted octanol–water partition coefficient (Wildman–Crippen LogP) is 3.06. The van der Waals surface area contributed by atoms with Gasteiger partial charge in [-0.2, -0.15) is 0 Å². The zero-order valence-corrected chi connectivity index (χ0v) is 14.5. The van der Waals surface area contributed by atoms with E-state index >= 15 is 0 Å². The predicted molar refractivity (Wildman–Crippen MR) is 102 cm³/mol. The summed E-state index contributed by atoms with van der Waals surface area (Å²) in [6.45, 7) is -0.0707. The van der Waals surface area contributed by atoms with Gasteiger partial charge < -0.3 is 10.1 Å². The van der Waals surface area contributed by atoms with Gasteiger partial charge in [0, 0.05) is 6.54 Å². The summed E-state index contributed by atoms with van der Waals surface area (Å²) in [5.74, 6) is -0.311. The van der Waals surface area contributed by atoms with Gasteiger partial charge in [0.05, 0.1) is 5.56 Å². The van der Waals surface area contributed by atoms with Crippen LogP contribution >= 0.6 is 0 Å². The molecule has 3 aromatic rings. The molecule has 6 nitrogen and oxygen atoms in total. The van der Waals surface area contributed by atoms with Crippen LogP contribution in [0.15, 0.2) is 66.7 Å². The normalized spacial score (nSPS) is 10.2. The molecule has 0 spiro atoms. The van der Waals surface area contributed by atoms with Crippen molar-refractivity contribution in [2.45, 2.75) is 6.54 Å². The fourth-order valence-electron chi connectivity index (χ4n) is 2.65. The first kappa shape index (κ1) is 18.1. The molecule has 0 bridgehead atoms. The topological polar surface area (TPSA) is 84.5 Å². The molecule has 0 saturated carbocycles. The Bertz CT molecular complexity index is 970.